The summed E-state index contributed by atoms with van der Waals surface area (Å²) >= 11 is 1.63. The van der Waals surface area contributed by atoms with E-state index in [2.05, 4.69) is 15.0 Å². The van der Waals surface area contributed by atoms with Gasteiger partial charge in [-0.15, -0.1) is 11.3 Å². The predicted octanol–water partition coefficient (Wildman–Crippen LogP) is 3.46. The molecule has 0 bridgehead atoms. The second-order valence-corrected chi connectivity index (χ2v) is 9.22. The molecule has 0 saturated heterocycles. The summed E-state index contributed by atoms with van der Waals surface area (Å²) in [6.45, 7) is 2.47. The number of hydrogen-bond acceptors (Lipinski definition) is 5. The molecule has 0 aliphatic rings. The van der Waals surface area contributed by atoms with Gasteiger partial charge in [0.15, 0.2) is 0 Å². The van der Waals surface area contributed by atoms with Crippen molar-refractivity contribution in [2.75, 3.05) is 17.5 Å². The van der Waals surface area contributed by atoms with E-state index in [0.717, 1.165) is 28.1 Å². The number of aromatic nitrogens is 1. The van der Waals surface area contributed by atoms with Crippen molar-refractivity contribution in [2.24, 2.45) is 0 Å². The summed E-state index contributed by atoms with van der Waals surface area (Å²) in [7, 11) is -3.38. The number of carbonyl (C=O) groups is 1. The van der Waals surface area contributed by atoms with Crippen molar-refractivity contribution in [3.63, 3.8) is 0 Å². The van der Waals surface area contributed by atoms with Crippen LogP contribution in [0.25, 0.3) is 11.3 Å². The van der Waals surface area contributed by atoms with E-state index in [0.29, 0.717) is 24.2 Å². The SMILES string of the molecule is Cc1nc(-c2ccc(CCNC(=O)c3cccc(NS(C)(=O)=O)c3)cc2)cs1. The van der Waals surface area contributed by atoms with Crippen LogP contribution >= 0.6 is 11.3 Å². The van der Waals surface area contributed by atoms with E-state index in [1.807, 2.05) is 36.6 Å². The van der Waals surface area contributed by atoms with Crippen LogP contribution in [0.4, 0.5) is 5.69 Å². The lowest BCUT2D eigenvalue weighted by atomic mass is 10.1. The molecule has 0 fully saturated rings. The van der Waals surface area contributed by atoms with Gasteiger partial charge in [-0.3, -0.25) is 9.52 Å². The summed E-state index contributed by atoms with van der Waals surface area (Å²) < 4.78 is 25.0. The first-order chi connectivity index (χ1) is 13.3. The van der Waals surface area contributed by atoms with E-state index in [9.17, 15) is 13.2 Å². The van der Waals surface area contributed by atoms with Crippen molar-refractivity contribution in [1.29, 1.82) is 0 Å². The molecule has 0 atom stereocenters. The summed E-state index contributed by atoms with van der Waals surface area (Å²) in [6.07, 6.45) is 1.77. The topological polar surface area (TPSA) is 88.2 Å². The Hall–Kier alpha value is -2.71. The molecule has 2 N–H and O–H groups in total. The van der Waals surface area contributed by atoms with Gasteiger partial charge in [0, 0.05) is 28.7 Å². The lowest BCUT2D eigenvalue weighted by Crippen LogP contribution is -2.25. The number of nitrogens with one attached hydrogen (secondary N) is 2. The lowest BCUT2D eigenvalue weighted by Gasteiger charge is -2.08. The highest BCUT2D eigenvalue weighted by molar-refractivity contribution is 7.92. The number of nitrogens with zero attached hydrogens (tertiary/aromatic N) is 1. The number of carbonyl (C=O) groups excluding carboxylic acids is 1. The molecule has 28 heavy (non-hydrogen) atoms. The molecule has 0 aliphatic carbocycles. The molecule has 146 valence electrons. The molecule has 0 unspecified atom stereocenters. The van der Waals surface area contributed by atoms with Crippen LogP contribution in [0.3, 0.4) is 0 Å². The molecule has 1 heterocycles. The molecule has 2 aromatic carbocycles. The zero-order valence-electron chi connectivity index (χ0n) is 15.6. The van der Waals surface area contributed by atoms with Gasteiger partial charge in [-0.2, -0.15) is 0 Å². The zero-order chi connectivity index (χ0) is 20.1. The van der Waals surface area contributed by atoms with E-state index < -0.39 is 10.0 Å². The average molecular weight is 416 g/mol. The standard InChI is InChI=1S/C20H21N3O3S2/c1-14-22-19(13-27-14)16-8-6-15(7-9-16)10-11-21-20(24)17-4-3-5-18(12-17)23-28(2,25)26/h3-9,12-13,23H,10-11H2,1-2H3,(H,21,24). The smallest absolute Gasteiger partial charge is 0.251 e. The summed E-state index contributed by atoms with van der Waals surface area (Å²) in [5.74, 6) is -0.244. The second kappa shape index (κ2) is 8.53. The Morgan fingerprint density at radius 3 is 2.54 bits per heavy atom. The van der Waals surface area contributed by atoms with Crippen LogP contribution in [0.2, 0.25) is 0 Å². The first-order valence-corrected chi connectivity index (χ1v) is 11.4. The zero-order valence-corrected chi connectivity index (χ0v) is 17.2. The number of rotatable bonds is 7. The molecule has 3 aromatic rings. The monoisotopic (exact) mass is 415 g/mol. The minimum absolute atomic E-state index is 0.244. The molecule has 0 saturated carbocycles. The fraction of sp³-hybridized carbons (Fsp3) is 0.200. The Bertz CT molecular complexity index is 1070. The average Bonchev–Trinajstić information content (AvgIpc) is 3.07. The van der Waals surface area contributed by atoms with Crippen molar-refractivity contribution < 1.29 is 13.2 Å². The normalized spacial score (nSPS) is 11.2. The fourth-order valence-corrected chi connectivity index (χ4v) is 3.88. The van der Waals surface area contributed by atoms with Gasteiger partial charge >= 0.3 is 0 Å². The van der Waals surface area contributed by atoms with Gasteiger partial charge in [0.25, 0.3) is 5.91 Å². The molecule has 3 rings (SSSR count). The van der Waals surface area contributed by atoms with Gasteiger partial charge in [-0.1, -0.05) is 30.3 Å². The molecule has 0 radical (unpaired) electrons. The number of hydrogen-bond donors (Lipinski definition) is 2. The van der Waals surface area contributed by atoms with Crippen LogP contribution < -0.4 is 10.0 Å². The summed E-state index contributed by atoms with van der Waals surface area (Å²) in [6, 6.07) is 14.5. The molecular weight excluding hydrogens is 394 g/mol. The molecular formula is C20H21N3O3S2. The molecule has 8 heteroatoms. The predicted molar refractivity (Wildman–Crippen MR) is 113 cm³/mol. The molecule has 0 spiro atoms. The maximum absolute atomic E-state index is 12.3. The molecule has 1 aromatic heterocycles. The number of anilines is 1. The van der Waals surface area contributed by atoms with Crippen molar-refractivity contribution in [3.05, 3.63) is 70.0 Å². The number of aryl methyl sites for hydroxylation is 1. The second-order valence-electron chi connectivity index (χ2n) is 6.41. The van der Waals surface area contributed by atoms with Crippen LogP contribution in [-0.2, 0) is 16.4 Å². The third-order valence-electron chi connectivity index (χ3n) is 4.00. The Morgan fingerprint density at radius 1 is 1.14 bits per heavy atom. The summed E-state index contributed by atoms with van der Waals surface area (Å²) in [5, 5.41) is 5.94. The van der Waals surface area contributed by atoms with Crippen LogP contribution in [0.15, 0.2) is 53.9 Å². The van der Waals surface area contributed by atoms with Crippen molar-refractivity contribution in [3.8, 4) is 11.3 Å². The van der Waals surface area contributed by atoms with Crippen molar-refractivity contribution >= 4 is 33.0 Å². The van der Waals surface area contributed by atoms with Gasteiger partial charge in [-0.25, -0.2) is 13.4 Å². The maximum Gasteiger partial charge on any atom is 0.251 e. The fourth-order valence-electron chi connectivity index (χ4n) is 2.70. The van der Waals surface area contributed by atoms with Crippen molar-refractivity contribution in [2.45, 2.75) is 13.3 Å². The largest absolute Gasteiger partial charge is 0.352 e. The quantitative estimate of drug-likeness (QED) is 0.619. The maximum atomic E-state index is 12.3. The van der Waals surface area contributed by atoms with Crippen LogP contribution in [-0.4, -0.2) is 32.1 Å². The van der Waals surface area contributed by atoms with E-state index in [1.165, 1.54) is 6.07 Å². The molecule has 1 amide bonds. The first-order valence-electron chi connectivity index (χ1n) is 8.68. The van der Waals surface area contributed by atoms with Crippen LogP contribution in [0.1, 0.15) is 20.9 Å². The van der Waals surface area contributed by atoms with Gasteiger partial charge in [0.2, 0.25) is 10.0 Å². The number of benzene rings is 2. The highest BCUT2D eigenvalue weighted by Gasteiger charge is 2.08. The van der Waals surface area contributed by atoms with E-state index in [-0.39, 0.29) is 5.91 Å². The third kappa shape index (κ3) is 5.64. The molecule has 0 aliphatic heterocycles. The summed E-state index contributed by atoms with van der Waals surface area (Å²) in [4.78, 5) is 16.8. The van der Waals surface area contributed by atoms with Crippen molar-refractivity contribution in [1.82, 2.24) is 10.3 Å². The van der Waals surface area contributed by atoms with Gasteiger partial charge in [0.1, 0.15) is 0 Å². The number of amides is 1. The Morgan fingerprint density at radius 2 is 1.89 bits per heavy atom. The minimum atomic E-state index is -3.38. The highest BCUT2D eigenvalue weighted by atomic mass is 32.2. The Labute approximate surface area is 168 Å². The lowest BCUT2D eigenvalue weighted by molar-refractivity contribution is 0.0954. The van der Waals surface area contributed by atoms with Crippen LogP contribution in [0, 0.1) is 6.92 Å². The van der Waals surface area contributed by atoms with Gasteiger partial charge < -0.3 is 5.32 Å². The van der Waals surface area contributed by atoms with E-state index in [4.69, 9.17) is 0 Å². The summed E-state index contributed by atoms with van der Waals surface area (Å²) in [5.41, 5.74) is 3.94. The first kappa shape index (κ1) is 20.0. The van der Waals surface area contributed by atoms with Gasteiger partial charge in [0.05, 0.1) is 17.0 Å². The van der Waals surface area contributed by atoms with E-state index in [1.54, 1.807) is 29.5 Å². The Kier molecular flexibility index (Phi) is 6.11. The Balaban J connectivity index is 1.55. The highest BCUT2D eigenvalue weighted by Crippen LogP contribution is 2.21. The number of sulfonamides is 1. The van der Waals surface area contributed by atoms with Gasteiger partial charge in [-0.05, 0) is 37.1 Å². The van der Waals surface area contributed by atoms with E-state index >= 15 is 0 Å². The molecule has 6 nitrogen and oxygen atoms in total. The minimum Gasteiger partial charge on any atom is -0.352 e. The third-order valence-corrected chi connectivity index (χ3v) is 5.38. The van der Waals surface area contributed by atoms with Crippen LogP contribution in [0.5, 0.6) is 0 Å². The number of thiazole rings is 1.